The van der Waals surface area contributed by atoms with Gasteiger partial charge in [-0.3, -0.25) is 24.5 Å². The van der Waals surface area contributed by atoms with Crippen LogP contribution in [0.5, 0.6) is 0 Å². The molecule has 318 valence electrons. The second-order valence-electron chi connectivity index (χ2n) is 16.2. The van der Waals surface area contributed by atoms with Gasteiger partial charge in [-0.1, -0.05) is 42.5 Å². The van der Waals surface area contributed by atoms with Crippen LogP contribution in [-0.2, 0) is 9.53 Å². The lowest BCUT2D eigenvalue weighted by atomic mass is 9.81. The van der Waals surface area contributed by atoms with Gasteiger partial charge in [-0.2, -0.15) is 0 Å². The fraction of sp³-hybridized carbons (Fsp3) is 0.432. The molecular weight excluding hydrogens is 815 g/mol. The van der Waals surface area contributed by atoms with E-state index >= 15 is 0 Å². The molecule has 3 aliphatic rings. The quantitative estimate of drug-likeness (QED) is 0.0771. The molecule has 8 rings (SSSR count). The summed E-state index contributed by atoms with van der Waals surface area (Å²) in [5, 5.41) is 17.1. The summed E-state index contributed by atoms with van der Waals surface area (Å²) in [6.45, 7) is 4.85. The van der Waals surface area contributed by atoms with Crippen LogP contribution in [0.3, 0.4) is 0 Å². The summed E-state index contributed by atoms with van der Waals surface area (Å²) in [4.78, 5) is 57.6. The number of ether oxygens (including phenoxy) is 1. The maximum atomic E-state index is 13.7. The molecule has 5 atom stereocenters. The van der Waals surface area contributed by atoms with Crippen LogP contribution in [0.1, 0.15) is 68.6 Å². The van der Waals surface area contributed by atoms with Gasteiger partial charge in [0.15, 0.2) is 0 Å². The number of hydrogen-bond donors (Lipinski definition) is 5. The average Bonchev–Trinajstić information content (AvgIpc) is 3.30. The molecule has 5 aromatic heterocycles. The lowest BCUT2D eigenvalue weighted by molar-refractivity contribution is -0.122. The second-order valence-corrected chi connectivity index (χ2v) is 17.0. The van der Waals surface area contributed by atoms with Gasteiger partial charge in [-0.25, -0.2) is 19.9 Å². The molecule has 0 aromatic carbocycles. The normalized spacial score (nSPS) is 21.2. The van der Waals surface area contributed by atoms with Gasteiger partial charge in [0.2, 0.25) is 5.91 Å². The van der Waals surface area contributed by atoms with Crippen LogP contribution in [0.25, 0.3) is 22.5 Å². The Morgan fingerprint density at radius 2 is 1.51 bits per heavy atom. The van der Waals surface area contributed by atoms with Gasteiger partial charge in [0.25, 0.3) is 5.91 Å². The molecule has 0 radical (unpaired) electrons. The molecule has 1 aliphatic carbocycles. The fourth-order valence-electron chi connectivity index (χ4n) is 8.57. The van der Waals surface area contributed by atoms with E-state index in [0.29, 0.717) is 99.3 Å². The zero-order valence-corrected chi connectivity index (χ0v) is 35.5. The van der Waals surface area contributed by atoms with E-state index < -0.39 is 0 Å². The van der Waals surface area contributed by atoms with E-state index in [1.165, 1.54) is 44.5 Å². The minimum absolute atomic E-state index is 0.00227. The molecule has 5 aromatic rings. The number of nitrogens with one attached hydrogen (secondary N) is 5. The van der Waals surface area contributed by atoms with E-state index in [0.717, 1.165) is 19.4 Å². The zero-order valence-electron chi connectivity index (χ0n) is 34.0. The minimum Gasteiger partial charge on any atom is -0.378 e. The molecule has 2 amide bonds. The number of carbonyl (C=O) groups is 2. The summed E-state index contributed by atoms with van der Waals surface area (Å²) < 4.78 is 6.32. The van der Waals surface area contributed by atoms with Crippen molar-refractivity contribution in [2.75, 3.05) is 47.5 Å². The van der Waals surface area contributed by atoms with Crippen LogP contribution in [0.2, 0.25) is 10.0 Å². The smallest absolute Gasteiger partial charge is 0.258 e. The Labute approximate surface area is 365 Å². The first-order valence-corrected chi connectivity index (χ1v) is 21.8. The monoisotopic (exact) mass is 864 g/mol. The van der Waals surface area contributed by atoms with Gasteiger partial charge in [-0.05, 0) is 81.0 Å². The molecule has 3 fully saturated rings. The molecule has 1 saturated carbocycles. The Morgan fingerprint density at radius 1 is 0.803 bits per heavy atom. The highest BCUT2D eigenvalue weighted by Crippen LogP contribution is 2.34. The Kier molecular flexibility index (Phi) is 13.9. The largest absolute Gasteiger partial charge is 0.378 e. The van der Waals surface area contributed by atoms with Crippen molar-refractivity contribution in [3.8, 4) is 22.5 Å². The third kappa shape index (κ3) is 10.9. The molecule has 61 heavy (non-hydrogen) atoms. The summed E-state index contributed by atoms with van der Waals surface area (Å²) in [7, 11) is 0. The highest BCUT2D eigenvalue weighted by atomic mass is 35.5. The van der Waals surface area contributed by atoms with Crippen molar-refractivity contribution < 1.29 is 14.3 Å². The van der Waals surface area contributed by atoms with Gasteiger partial charge < -0.3 is 31.3 Å². The standard InChI is InChI=1S/C44H50Cl2N12O3/c1-26(28-6-3-2-4-7-28)54-42-25-50-23-37(56-42)33-15-40(53-21-35(33)46)58-44(60)31-13-30(18-48-19-31)38-12-27(9-11-61-38)16-51-41-24-49-22-36(55-41)32-14-39(52-20-34(32)45)57-43(59)29-8-5-10-47-17-29/h5,8,10,14-15,17,20-28,30-31,38,48H,2-4,6-7,9,11-13,16,18-19H2,1H3,(H,51,55)(H,54,56)(H,52,57,59)(H,53,58,60). The van der Waals surface area contributed by atoms with Crippen molar-refractivity contribution in [2.24, 2.45) is 23.7 Å². The van der Waals surface area contributed by atoms with Crippen molar-refractivity contribution in [1.82, 2.24) is 40.2 Å². The van der Waals surface area contributed by atoms with Crippen molar-refractivity contribution in [3.05, 3.63) is 89.4 Å². The molecule has 5 unspecified atom stereocenters. The van der Waals surface area contributed by atoms with Crippen molar-refractivity contribution in [3.63, 3.8) is 0 Å². The maximum absolute atomic E-state index is 13.7. The first kappa shape index (κ1) is 42.3. The molecule has 5 N–H and O–H groups in total. The van der Waals surface area contributed by atoms with Crippen LogP contribution < -0.4 is 26.6 Å². The van der Waals surface area contributed by atoms with Gasteiger partial charge in [-0.15, -0.1) is 0 Å². The first-order chi connectivity index (χ1) is 29.8. The van der Waals surface area contributed by atoms with E-state index in [1.54, 1.807) is 61.4 Å². The second kappa shape index (κ2) is 20.0. The number of anilines is 4. The van der Waals surface area contributed by atoms with Gasteiger partial charge in [0.05, 0.1) is 63.8 Å². The summed E-state index contributed by atoms with van der Waals surface area (Å²) in [6, 6.07) is 7.10. The van der Waals surface area contributed by atoms with Gasteiger partial charge in [0, 0.05) is 68.2 Å². The van der Waals surface area contributed by atoms with E-state index in [4.69, 9.17) is 37.9 Å². The number of halogens is 2. The minimum atomic E-state index is -0.335. The molecule has 0 spiro atoms. The summed E-state index contributed by atoms with van der Waals surface area (Å²) in [5.41, 5.74) is 2.80. The third-order valence-corrected chi connectivity index (χ3v) is 12.6. The summed E-state index contributed by atoms with van der Waals surface area (Å²) in [6.07, 6.45) is 21.6. The molecule has 15 nitrogen and oxygen atoms in total. The van der Waals surface area contributed by atoms with Gasteiger partial charge >= 0.3 is 0 Å². The van der Waals surface area contributed by atoms with E-state index in [1.807, 2.05) is 0 Å². The maximum Gasteiger partial charge on any atom is 0.258 e. The van der Waals surface area contributed by atoms with Crippen molar-refractivity contribution >= 4 is 58.3 Å². The summed E-state index contributed by atoms with van der Waals surface area (Å²) >= 11 is 13.2. The van der Waals surface area contributed by atoms with Crippen LogP contribution in [0.4, 0.5) is 23.3 Å². The Balaban J connectivity index is 0.847. The number of pyridine rings is 3. The van der Waals surface area contributed by atoms with E-state index in [2.05, 4.69) is 58.4 Å². The third-order valence-electron chi connectivity index (χ3n) is 12.0. The SMILES string of the molecule is CC(Nc1cncc(-c2cc(NC(=O)C3CNCC(C4CC(CNc5cncc(-c6cc(NC(=O)c7cccnc7)ncc6Cl)n5)CCO4)C3)ncc2Cl)n1)C1CCCCC1. The van der Waals surface area contributed by atoms with Crippen LogP contribution in [0, 0.1) is 23.7 Å². The molecular formula is C44H50Cl2N12O3. The van der Waals surface area contributed by atoms with Crippen molar-refractivity contribution in [2.45, 2.75) is 70.4 Å². The predicted octanol–water partition coefficient (Wildman–Crippen LogP) is 7.80. The van der Waals surface area contributed by atoms with Crippen LogP contribution in [0.15, 0.2) is 73.8 Å². The summed E-state index contributed by atoms with van der Waals surface area (Å²) in [5.74, 6) is 2.43. The first-order valence-electron chi connectivity index (χ1n) is 21.1. The lowest BCUT2D eigenvalue weighted by Gasteiger charge is -2.38. The van der Waals surface area contributed by atoms with E-state index in [9.17, 15) is 9.59 Å². The van der Waals surface area contributed by atoms with E-state index in [-0.39, 0.29) is 35.8 Å². The topological polar surface area (TPSA) is 194 Å². The van der Waals surface area contributed by atoms with Crippen LogP contribution >= 0.6 is 23.2 Å². The highest BCUT2D eigenvalue weighted by molar-refractivity contribution is 6.33. The fourth-order valence-corrected chi connectivity index (χ4v) is 8.97. The Bertz CT molecular complexity index is 2300. The van der Waals surface area contributed by atoms with Crippen LogP contribution in [-0.4, -0.2) is 85.1 Å². The number of nitrogens with zero attached hydrogens (tertiary/aromatic N) is 7. The number of rotatable bonds is 13. The zero-order chi connectivity index (χ0) is 42.1. The molecule has 2 saturated heterocycles. The number of amides is 2. The Hall–Kier alpha value is -5.35. The number of piperidine rings is 1. The number of aromatic nitrogens is 7. The van der Waals surface area contributed by atoms with Gasteiger partial charge in [0.1, 0.15) is 23.3 Å². The van der Waals surface area contributed by atoms with Crippen molar-refractivity contribution in [1.29, 1.82) is 0 Å². The predicted molar refractivity (Wildman–Crippen MR) is 236 cm³/mol. The molecule has 2 aliphatic heterocycles. The Morgan fingerprint density at radius 3 is 2.23 bits per heavy atom. The number of hydrogen-bond acceptors (Lipinski definition) is 13. The number of carbonyl (C=O) groups excluding carboxylic acids is 2. The molecule has 0 bridgehead atoms. The highest BCUT2D eigenvalue weighted by Gasteiger charge is 2.35. The molecule has 7 heterocycles. The average molecular weight is 866 g/mol. The lowest BCUT2D eigenvalue weighted by Crippen LogP contribution is -2.47. The molecule has 17 heteroatoms.